The Hall–Kier alpha value is -2.37. The van der Waals surface area contributed by atoms with Crippen LogP contribution in [0.15, 0.2) is 33.5 Å². The molecule has 88 valence electrons. The zero-order valence-corrected chi connectivity index (χ0v) is 9.00. The lowest BCUT2D eigenvalue weighted by atomic mass is 10.2. The van der Waals surface area contributed by atoms with Crippen LogP contribution >= 0.6 is 0 Å². The topological polar surface area (TPSA) is 82.6 Å². The molecule has 1 aromatic heterocycles. The Morgan fingerprint density at radius 1 is 1.41 bits per heavy atom. The van der Waals surface area contributed by atoms with Gasteiger partial charge in [0.25, 0.3) is 0 Å². The summed E-state index contributed by atoms with van der Waals surface area (Å²) in [6.07, 6.45) is 0. The van der Waals surface area contributed by atoms with Crippen LogP contribution in [0, 0.1) is 10.1 Å². The molecule has 0 aliphatic heterocycles. The maximum atomic E-state index is 11.5. The molecule has 0 fully saturated rings. The van der Waals surface area contributed by atoms with Gasteiger partial charge in [-0.05, 0) is 19.1 Å². The molecule has 0 radical (unpaired) electrons. The van der Waals surface area contributed by atoms with Crippen LogP contribution in [0.4, 0.5) is 5.69 Å². The summed E-state index contributed by atoms with van der Waals surface area (Å²) in [7, 11) is 0. The highest BCUT2D eigenvalue weighted by Gasteiger charge is 2.25. The molecule has 2 rings (SSSR count). The highest BCUT2D eigenvalue weighted by atomic mass is 16.6. The Bertz CT molecular complexity index is 631. The third kappa shape index (κ3) is 1.84. The summed E-state index contributed by atoms with van der Waals surface area (Å²) in [5.41, 5.74) is -1.39. The maximum Gasteiger partial charge on any atom is 0.419 e. The van der Waals surface area contributed by atoms with Gasteiger partial charge in [-0.2, -0.15) is 0 Å². The third-order valence-electron chi connectivity index (χ3n) is 2.21. The second-order valence-corrected chi connectivity index (χ2v) is 3.25. The van der Waals surface area contributed by atoms with Crippen molar-refractivity contribution >= 4 is 16.7 Å². The quantitative estimate of drug-likeness (QED) is 0.462. The molecule has 1 heterocycles. The second-order valence-electron chi connectivity index (χ2n) is 3.25. The minimum absolute atomic E-state index is 0.0376. The first-order chi connectivity index (χ1) is 8.15. The van der Waals surface area contributed by atoms with E-state index in [0.717, 1.165) is 0 Å². The van der Waals surface area contributed by atoms with Crippen molar-refractivity contribution in [2.75, 3.05) is 6.61 Å². The van der Waals surface area contributed by atoms with Gasteiger partial charge in [0.05, 0.1) is 16.9 Å². The van der Waals surface area contributed by atoms with E-state index in [1.807, 2.05) is 0 Å². The molecule has 0 unspecified atom stereocenters. The van der Waals surface area contributed by atoms with E-state index in [2.05, 4.69) is 0 Å². The molecule has 17 heavy (non-hydrogen) atoms. The highest BCUT2D eigenvalue weighted by molar-refractivity contribution is 5.86. The average molecular weight is 235 g/mol. The SMILES string of the molecule is CCOc1c([N+](=O)[O-])c(=O)oc2ccccc12. The molecule has 0 aliphatic rings. The first-order valence-electron chi connectivity index (χ1n) is 4.98. The molecule has 6 heteroatoms. The predicted molar refractivity (Wildman–Crippen MR) is 60.3 cm³/mol. The van der Waals surface area contributed by atoms with Crippen molar-refractivity contribution < 1.29 is 14.1 Å². The van der Waals surface area contributed by atoms with E-state index in [1.54, 1.807) is 31.2 Å². The fourth-order valence-corrected chi connectivity index (χ4v) is 1.56. The summed E-state index contributed by atoms with van der Waals surface area (Å²) < 4.78 is 10.1. The van der Waals surface area contributed by atoms with Crippen LogP contribution in [0.3, 0.4) is 0 Å². The minimum atomic E-state index is -1.00. The van der Waals surface area contributed by atoms with Gasteiger partial charge in [0.1, 0.15) is 5.58 Å². The molecule has 6 nitrogen and oxygen atoms in total. The molecular weight excluding hydrogens is 226 g/mol. The molecule has 0 saturated carbocycles. The normalized spacial score (nSPS) is 10.4. The summed E-state index contributed by atoms with van der Waals surface area (Å²) in [4.78, 5) is 21.5. The summed E-state index contributed by atoms with van der Waals surface area (Å²) in [6.45, 7) is 1.92. The lowest BCUT2D eigenvalue weighted by Gasteiger charge is -2.06. The van der Waals surface area contributed by atoms with Gasteiger partial charge in [-0.1, -0.05) is 12.1 Å². The summed E-state index contributed by atoms with van der Waals surface area (Å²) in [6, 6.07) is 6.53. The summed E-state index contributed by atoms with van der Waals surface area (Å²) in [5, 5.41) is 11.2. The Labute approximate surface area is 95.6 Å². The third-order valence-corrected chi connectivity index (χ3v) is 2.21. The van der Waals surface area contributed by atoms with Crippen LogP contribution in [0.5, 0.6) is 5.75 Å². The molecule has 0 saturated heterocycles. The highest BCUT2D eigenvalue weighted by Crippen LogP contribution is 2.31. The van der Waals surface area contributed by atoms with Gasteiger partial charge in [0, 0.05) is 0 Å². The summed E-state index contributed by atoms with van der Waals surface area (Å²) >= 11 is 0. The van der Waals surface area contributed by atoms with Gasteiger partial charge < -0.3 is 9.15 Å². The van der Waals surface area contributed by atoms with Gasteiger partial charge in [0.15, 0.2) is 0 Å². The standard InChI is InChI=1S/C11H9NO5/c1-2-16-10-7-5-3-4-6-8(7)17-11(13)9(10)12(14)15/h3-6H,2H2,1H3. The first kappa shape index (κ1) is 11.1. The number of fused-ring (bicyclic) bond motifs is 1. The van der Waals surface area contributed by atoms with Crippen LogP contribution in [-0.2, 0) is 0 Å². The van der Waals surface area contributed by atoms with Crippen molar-refractivity contribution in [1.82, 2.24) is 0 Å². The molecule has 0 spiro atoms. The van der Waals surface area contributed by atoms with Crippen molar-refractivity contribution in [3.8, 4) is 5.75 Å². The zero-order chi connectivity index (χ0) is 12.4. The van der Waals surface area contributed by atoms with Gasteiger partial charge in [-0.3, -0.25) is 10.1 Å². The monoisotopic (exact) mass is 235 g/mol. The van der Waals surface area contributed by atoms with Gasteiger partial charge >= 0.3 is 11.3 Å². The molecule has 1 aromatic carbocycles. The van der Waals surface area contributed by atoms with Crippen molar-refractivity contribution in [3.63, 3.8) is 0 Å². The average Bonchev–Trinajstić information content (AvgIpc) is 2.28. The Kier molecular flexibility index (Phi) is 2.78. The van der Waals surface area contributed by atoms with Crippen LogP contribution in [0.25, 0.3) is 11.0 Å². The second kappa shape index (κ2) is 4.25. The Balaban J connectivity index is 2.88. The maximum absolute atomic E-state index is 11.5. The number of nitro groups is 1. The van der Waals surface area contributed by atoms with E-state index in [-0.39, 0.29) is 17.9 Å². The van der Waals surface area contributed by atoms with Crippen molar-refractivity contribution in [3.05, 3.63) is 44.8 Å². The fraction of sp³-hybridized carbons (Fsp3) is 0.182. The largest absolute Gasteiger partial charge is 0.486 e. The van der Waals surface area contributed by atoms with Gasteiger partial charge in [-0.25, -0.2) is 4.79 Å². The van der Waals surface area contributed by atoms with Gasteiger partial charge in [0.2, 0.25) is 5.75 Å². The number of rotatable bonds is 3. The molecule has 0 atom stereocenters. The zero-order valence-electron chi connectivity index (χ0n) is 9.00. The molecular formula is C11H9NO5. The van der Waals surface area contributed by atoms with Crippen LogP contribution in [-0.4, -0.2) is 11.5 Å². The number of ether oxygens (including phenoxy) is 1. The lowest BCUT2D eigenvalue weighted by molar-refractivity contribution is -0.388. The smallest absolute Gasteiger partial charge is 0.419 e. The lowest BCUT2D eigenvalue weighted by Crippen LogP contribution is -2.10. The van der Waals surface area contributed by atoms with Crippen molar-refractivity contribution in [2.45, 2.75) is 6.92 Å². The number of hydrogen-bond acceptors (Lipinski definition) is 5. The Morgan fingerprint density at radius 2 is 2.12 bits per heavy atom. The number of hydrogen-bond donors (Lipinski definition) is 0. The molecule has 2 aromatic rings. The Morgan fingerprint density at radius 3 is 2.76 bits per heavy atom. The fourth-order valence-electron chi connectivity index (χ4n) is 1.56. The predicted octanol–water partition coefficient (Wildman–Crippen LogP) is 2.10. The van der Waals surface area contributed by atoms with Crippen molar-refractivity contribution in [2.24, 2.45) is 0 Å². The van der Waals surface area contributed by atoms with E-state index >= 15 is 0 Å². The van der Waals surface area contributed by atoms with E-state index in [9.17, 15) is 14.9 Å². The van der Waals surface area contributed by atoms with Crippen molar-refractivity contribution in [1.29, 1.82) is 0 Å². The number of para-hydroxylation sites is 1. The van der Waals surface area contributed by atoms with Crippen LogP contribution < -0.4 is 10.4 Å². The van der Waals surface area contributed by atoms with E-state index < -0.39 is 16.2 Å². The van der Waals surface area contributed by atoms with Crippen LogP contribution in [0.1, 0.15) is 6.92 Å². The number of benzene rings is 1. The van der Waals surface area contributed by atoms with Crippen LogP contribution in [0.2, 0.25) is 0 Å². The molecule has 0 amide bonds. The van der Waals surface area contributed by atoms with E-state index in [0.29, 0.717) is 5.39 Å². The minimum Gasteiger partial charge on any atom is -0.486 e. The molecule has 0 bridgehead atoms. The molecule has 0 aliphatic carbocycles. The van der Waals surface area contributed by atoms with E-state index in [4.69, 9.17) is 9.15 Å². The first-order valence-corrected chi connectivity index (χ1v) is 4.98. The number of nitrogens with zero attached hydrogens (tertiary/aromatic N) is 1. The van der Waals surface area contributed by atoms with Gasteiger partial charge in [-0.15, -0.1) is 0 Å². The molecule has 0 N–H and O–H groups in total. The summed E-state index contributed by atoms with van der Waals surface area (Å²) in [5.74, 6) is -0.0376. The van der Waals surface area contributed by atoms with E-state index in [1.165, 1.54) is 0 Å².